The molecule has 1 unspecified atom stereocenters. The zero-order chi connectivity index (χ0) is 18.5. The molecule has 0 bridgehead atoms. The van der Waals surface area contributed by atoms with Crippen LogP contribution < -0.4 is 4.74 Å². The van der Waals surface area contributed by atoms with Gasteiger partial charge in [-0.2, -0.15) is 0 Å². The largest absolute Gasteiger partial charge is 0.459 e. The van der Waals surface area contributed by atoms with Gasteiger partial charge in [-0.25, -0.2) is 0 Å². The standard InChI is InChI=1S/C20H30O4/c1-8-9-14-12-15(17(23-13-21)19(2,3)4)10-11-16(14)24-18(22)20(5,6)7/h10-13,17H,8-9H2,1-7H3. The fourth-order valence-electron chi connectivity index (χ4n) is 2.42. The lowest BCUT2D eigenvalue weighted by atomic mass is 9.84. The van der Waals surface area contributed by atoms with E-state index in [2.05, 4.69) is 6.92 Å². The van der Waals surface area contributed by atoms with E-state index in [0.29, 0.717) is 12.2 Å². The Morgan fingerprint density at radius 2 is 1.79 bits per heavy atom. The van der Waals surface area contributed by atoms with Crippen LogP contribution >= 0.6 is 0 Å². The minimum atomic E-state index is -0.559. The second kappa shape index (κ2) is 7.82. The molecule has 0 aliphatic rings. The first-order valence-electron chi connectivity index (χ1n) is 8.45. The smallest absolute Gasteiger partial charge is 0.316 e. The molecule has 24 heavy (non-hydrogen) atoms. The van der Waals surface area contributed by atoms with E-state index in [1.165, 1.54) is 0 Å². The van der Waals surface area contributed by atoms with Crippen molar-refractivity contribution in [3.05, 3.63) is 29.3 Å². The van der Waals surface area contributed by atoms with Crippen LogP contribution in [0, 0.1) is 10.8 Å². The predicted molar refractivity (Wildman–Crippen MR) is 94.9 cm³/mol. The molecule has 0 aromatic heterocycles. The highest BCUT2D eigenvalue weighted by Gasteiger charge is 2.29. The fraction of sp³-hybridized carbons (Fsp3) is 0.600. The van der Waals surface area contributed by atoms with Crippen molar-refractivity contribution in [1.82, 2.24) is 0 Å². The molecule has 0 N–H and O–H groups in total. The summed E-state index contributed by atoms with van der Waals surface area (Å²) in [6.07, 6.45) is 1.37. The van der Waals surface area contributed by atoms with E-state index in [9.17, 15) is 9.59 Å². The van der Waals surface area contributed by atoms with Crippen LogP contribution in [0.25, 0.3) is 0 Å². The van der Waals surface area contributed by atoms with Crippen LogP contribution in [0.3, 0.4) is 0 Å². The van der Waals surface area contributed by atoms with Crippen molar-refractivity contribution < 1.29 is 19.1 Å². The van der Waals surface area contributed by atoms with Gasteiger partial charge in [0, 0.05) is 5.41 Å². The van der Waals surface area contributed by atoms with E-state index >= 15 is 0 Å². The maximum atomic E-state index is 12.2. The maximum Gasteiger partial charge on any atom is 0.316 e. The molecular formula is C20H30O4. The number of hydrogen-bond donors (Lipinski definition) is 0. The summed E-state index contributed by atoms with van der Waals surface area (Å²) in [5, 5.41) is 0. The normalized spacial score (nSPS) is 13.3. The molecular weight excluding hydrogens is 304 g/mol. The van der Waals surface area contributed by atoms with Crippen molar-refractivity contribution in [1.29, 1.82) is 0 Å². The fourth-order valence-corrected chi connectivity index (χ4v) is 2.42. The number of benzene rings is 1. The zero-order valence-electron chi connectivity index (χ0n) is 15.9. The van der Waals surface area contributed by atoms with Crippen LogP contribution in [-0.4, -0.2) is 12.4 Å². The van der Waals surface area contributed by atoms with Crippen LogP contribution in [0.2, 0.25) is 0 Å². The summed E-state index contributed by atoms with van der Waals surface area (Å²) in [4.78, 5) is 23.1. The van der Waals surface area contributed by atoms with Crippen molar-refractivity contribution in [2.24, 2.45) is 10.8 Å². The van der Waals surface area contributed by atoms with Crippen LogP contribution in [0.5, 0.6) is 5.75 Å². The van der Waals surface area contributed by atoms with Gasteiger partial charge in [0.1, 0.15) is 11.9 Å². The van der Waals surface area contributed by atoms with Gasteiger partial charge in [-0.15, -0.1) is 0 Å². The van der Waals surface area contributed by atoms with Gasteiger partial charge in [0.2, 0.25) is 0 Å². The first-order valence-corrected chi connectivity index (χ1v) is 8.45. The number of esters is 1. The van der Waals surface area contributed by atoms with Crippen molar-refractivity contribution in [3.63, 3.8) is 0 Å². The van der Waals surface area contributed by atoms with Crippen molar-refractivity contribution in [2.45, 2.75) is 67.4 Å². The quantitative estimate of drug-likeness (QED) is 0.424. The van der Waals surface area contributed by atoms with Crippen LogP contribution in [0.4, 0.5) is 0 Å². The molecule has 0 fully saturated rings. The Hall–Kier alpha value is -1.84. The Kier molecular flexibility index (Phi) is 6.58. The summed E-state index contributed by atoms with van der Waals surface area (Å²) in [5.41, 5.74) is 1.08. The predicted octanol–water partition coefficient (Wildman–Crippen LogP) is 4.85. The van der Waals surface area contributed by atoms with Crippen molar-refractivity contribution in [2.75, 3.05) is 0 Å². The summed E-state index contributed by atoms with van der Waals surface area (Å²) in [5.74, 6) is 0.323. The molecule has 0 radical (unpaired) electrons. The van der Waals surface area contributed by atoms with Gasteiger partial charge < -0.3 is 9.47 Å². The third-order valence-corrected chi connectivity index (χ3v) is 3.70. The van der Waals surface area contributed by atoms with E-state index in [1.54, 1.807) is 6.07 Å². The SMILES string of the molecule is CCCc1cc(C(OC=O)C(C)(C)C)ccc1OC(=O)C(C)(C)C. The zero-order valence-corrected chi connectivity index (χ0v) is 15.9. The first kappa shape index (κ1) is 20.2. The number of hydrogen-bond acceptors (Lipinski definition) is 4. The average molecular weight is 334 g/mol. The molecule has 0 aliphatic carbocycles. The lowest BCUT2D eigenvalue weighted by Gasteiger charge is -2.30. The molecule has 134 valence electrons. The second-order valence-corrected chi connectivity index (χ2v) is 8.24. The van der Waals surface area contributed by atoms with Crippen LogP contribution in [0.15, 0.2) is 18.2 Å². The lowest BCUT2D eigenvalue weighted by molar-refractivity contribution is -0.143. The molecule has 0 saturated carbocycles. The minimum Gasteiger partial charge on any atom is -0.459 e. The Morgan fingerprint density at radius 3 is 2.25 bits per heavy atom. The number of aryl methyl sites for hydroxylation is 1. The van der Waals surface area contributed by atoms with E-state index in [0.717, 1.165) is 24.0 Å². The molecule has 1 atom stereocenters. The van der Waals surface area contributed by atoms with Gasteiger partial charge >= 0.3 is 5.97 Å². The van der Waals surface area contributed by atoms with E-state index in [-0.39, 0.29) is 17.5 Å². The summed E-state index contributed by atoms with van der Waals surface area (Å²) in [7, 11) is 0. The molecule has 4 heteroatoms. The highest BCUT2D eigenvalue weighted by molar-refractivity contribution is 5.78. The third kappa shape index (κ3) is 5.36. The Labute approximate surface area is 145 Å². The lowest BCUT2D eigenvalue weighted by Crippen LogP contribution is -2.26. The molecule has 0 saturated heterocycles. The topological polar surface area (TPSA) is 52.6 Å². The van der Waals surface area contributed by atoms with Gasteiger partial charge in [-0.05, 0) is 50.5 Å². The van der Waals surface area contributed by atoms with E-state index in [1.807, 2.05) is 53.7 Å². The number of rotatable bonds is 6. The minimum absolute atomic E-state index is 0.228. The average Bonchev–Trinajstić information content (AvgIpc) is 2.44. The molecule has 0 aliphatic heterocycles. The van der Waals surface area contributed by atoms with Gasteiger partial charge in [0.05, 0.1) is 5.41 Å². The molecule has 1 rings (SSSR count). The van der Waals surface area contributed by atoms with Crippen LogP contribution in [0.1, 0.15) is 72.1 Å². The highest BCUT2D eigenvalue weighted by atomic mass is 16.5. The van der Waals surface area contributed by atoms with Crippen molar-refractivity contribution >= 4 is 12.4 Å². The Bertz CT molecular complexity index is 576. The van der Waals surface area contributed by atoms with Gasteiger partial charge in [-0.1, -0.05) is 40.2 Å². The molecule has 4 nitrogen and oxygen atoms in total. The first-order chi connectivity index (χ1) is 11.0. The van der Waals surface area contributed by atoms with Gasteiger partial charge in [0.25, 0.3) is 6.47 Å². The molecule has 0 amide bonds. The summed E-state index contributed by atoms with van der Waals surface area (Å²) < 4.78 is 10.9. The van der Waals surface area contributed by atoms with Gasteiger partial charge in [-0.3, -0.25) is 9.59 Å². The van der Waals surface area contributed by atoms with Crippen LogP contribution in [-0.2, 0) is 20.7 Å². The molecule has 1 aromatic rings. The number of carbonyl (C=O) groups excluding carboxylic acids is 2. The summed E-state index contributed by atoms with van der Waals surface area (Å²) >= 11 is 0. The second-order valence-electron chi connectivity index (χ2n) is 8.24. The number of ether oxygens (including phenoxy) is 2. The van der Waals surface area contributed by atoms with E-state index in [4.69, 9.17) is 9.47 Å². The monoisotopic (exact) mass is 334 g/mol. The van der Waals surface area contributed by atoms with Gasteiger partial charge in [0.15, 0.2) is 0 Å². The third-order valence-electron chi connectivity index (χ3n) is 3.70. The Morgan fingerprint density at radius 1 is 1.17 bits per heavy atom. The molecule has 0 heterocycles. The van der Waals surface area contributed by atoms with Crippen molar-refractivity contribution in [3.8, 4) is 5.75 Å². The maximum absolute atomic E-state index is 12.2. The highest BCUT2D eigenvalue weighted by Crippen LogP contribution is 2.37. The Balaban J connectivity index is 3.23. The summed E-state index contributed by atoms with van der Waals surface area (Å²) in [6, 6.07) is 5.65. The van der Waals surface area contributed by atoms with E-state index < -0.39 is 5.41 Å². The summed E-state index contributed by atoms with van der Waals surface area (Å²) in [6.45, 7) is 14.1. The molecule has 0 spiro atoms. The molecule has 1 aromatic carbocycles. The number of carbonyl (C=O) groups is 2.